The Balaban J connectivity index is 1.48. The first-order valence-corrected chi connectivity index (χ1v) is 11.7. The molecule has 0 spiro atoms. The first-order chi connectivity index (χ1) is 16.8. The molecule has 2 aromatic heterocycles. The molecule has 0 bridgehead atoms. The van der Waals surface area contributed by atoms with E-state index in [9.17, 15) is 9.59 Å². The smallest absolute Gasteiger partial charge is 0.295 e. The molecule has 35 heavy (non-hydrogen) atoms. The molecule has 0 atom stereocenters. The van der Waals surface area contributed by atoms with Crippen LogP contribution in [0.5, 0.6) is 11.5 Å². The average Bonchev–Trinajstić information content (AvgIpc) is 3.34. The van der Waals surface area contributed by atoms with Crippen LogP contribution in [0.15, 0.2) is 58.5 Å². The first-order valence-electron chi connectivity index (χ1n) is 10.7. The monoisotopic (exact) mass is 494 g/mol. The molecule has 0 aliphatic carbocycles. The third kappa shape index (κ3) is 4.67. The van der Waals surface area contributed by atoms with Gasteiger partial charge >= 0.3 is 0 Å². The Bertz CT molecular complexity index is 1420. The number of nitrogens with one attached hydrogen (secondary N) is 1. The molecule has 0 saturated carbocycles. The Morgan fingerprint density at radius 2 is 1.74 bits per heavy atom. The molecular formula is C24H26N6O4S. The number of nitrogens with zero attached hydrogens (tertiary/aromatic N) is 5. The van der Waals surface area contributed by atoms with Crippen LogP contribution >= 0.6 is 11.8 Å². The zero-order chi connectivity index (χ0) is 25.1. The summed E-state index contributed by atoms with van der Waals surface area (Å²) in [6.07, 6.45) is 0. The number of methoxy groups -OCH3 is 2. The van der Waals surface area contributed by atoms with E-state index in [4.69, 9.17) is 9.47 Å². The summed E-state index contributed by atoms with van der Waals surface area (Å²) in [6, 6.07) is 14.8. The van der Waals surface area contributed by atoms with Crippen LogP contribution in [0.3, 0.4) is 0 Å². The molecule has 0 fully saturated rings. The summed E-state index contributed by atoms with van der Waals surface area (Å²) in [5, 5.41) is 11.8. The number of hydrogen-bond donors (Lipinski definition) is 1. The normalized spacial score (nSPS) is 10.9. The Hall–Kier alpha value is -3.99. The lowest BCUT2D eigenvalue weighted by atomic mass is 10.2. The molecule has 0 radical (unpaired) electrons. The van der Waals surface area contributed by atoms with Crippen molar-refractivity contribution in [2.24, 2.45) is 14.1 Å². The van der Waals surface area contributed by atoms with Crippen molar-refractivity contribution in [1.29, 1.82) is 0 Å². The SMILES string of the molecule is COc1ccc(-c2nnc(SCC(=O)Nc3c(C)n(C)n(-c4ccccc4)c3=O)n2C)cc1OC. The number of benzene rings is 2. The number of thioether (sulfide) groups is 1. The van der Waals surface area contributed by atoms with E-state index < -0.39 is 0 Å². The second-order valence-electron chi connectivity index (χ2n) is 7.71. The Morgan fingerprint density at radius 1 is 1.03 bits per heavy atom. The lowest BCUT2D eigenvalue weighted by Crippen LogP contribution is -2.23. The van der Waals surface area contributed by atoms with Gasteiger partial charge in [0.1, 0.15) is 5.69 Å². The highest BCUT2D eigenvalue weighted by molar-refractivity contribution is 7.99. The number of anilines is 1. The third-order valence-corrected chi connectivity index (χ3v) is 6.65. The molecule has 11 heteroatoms. The van der Waals surface area contributed by atoms with Gasteiger partial charge in [-0.1, -0.05) is 30.0 Å². The van der Waals surface area contributed by atoms with Crippen LogP contribution in [-0.2, 0) is 18.9 Å². The summed E-state index contributed by atoms with van der Waals surface area (Å²) in [6.45, 7) is 1.79. The molecule has 0 aliphatic rings. The number of ether oxygens (including phenoxy) is 2. The minimum absolute atomic E-state index is 0.0665. The van der Waals surface area contributed by atoms with Crippen molar-refractivity contribution in [2.75, 3.05) is 25.3 Å². The standard InChI is InChI=1S/C24H26N6O4S/c1-15-21(23(32)30(29(15)3)17-9-7-6-8-10-17)25-20(31)14-35-24-27-26-22(28(24)2)16-11-12-18(33-4)19(13-16)34-5/h6-13H,14H2,1-5H3,(H,25,31). The molecule has 1 N–H and O–H groups in total. The van der Waals surface area contributed by atoms with Crippen molar-refractivity contribution in [3.63, 3.8) is 0 Å². The van der Waals surface area contributed by atoms with E-state index >= 15 is 0 Å². The fourth-order valence-corrected chi connectivity index (χ4v) is 4.40. The van der Waals surface area contributed by atoms with Gasteiger partial charge in [-0.25, -0.2) is 4.68 Å². The number of rotatable bonds is 8. The molecule has 4 rings (SSSR count). The van der Waals surface area contributed by atoms with Crippen LogP contribution in [0, 0.1) is 6.92 Å². The molecule has 10 nitrogen and oxygen atoms in total. The van der Waals surface area contributed by atoms with E-state index in [1.807, 2.05) is 49.5 Å². The number of para-hydroxylation sites is 1. The van der Waals surface area contributed by atoms with Crippen molar-refractivity contribution < 1.29 is 14.3 Å². The first kappa shape index (κ1) is 24.1. The predicted octanol–water partition coefficient (Wildman–Crippen LogP) is 3.03. The number of carbonyl (C=O) groups is 1. The number of carbonyl (C=O) groups excluding carboxylic acids is 1. The second-order valence-corrected chi connectivity index (χ2v) is 8.65. The Kier molecular flexibility index (Phi) is 6.97. The van der Waals surface area contributed by atoms with Crippen LogP contribution in [0.25, 0.3) is 17.1 Å². The van der Waals surface area contributed by atoms with Gasteiger partial charge < -0.3 is 19.4 Å². The van der Waals surface area contributed by atoms with Crippen molar-refractivity contribution in [3.8, 4) is 28.6 Å². The molecule has 4 aromatic rings. The largest absolute Gasteiger partial charge is 0.493 e. The zero-order valence-electron chi connectivity index (χ0n) is 20.1. The Labute approximate surface area is 206 Å². The Morgan fingerprint density at radius 3 is 2.43 bits per heavy atom. The van der Waals surface area contributed by atoms with Gasteiger partial charge in [0.2, 0.25) is 5.91 Å². The number of amides is 1. The average molecular weight is 495 g/mol. The second kappa shape index (κ2) is 10.1. The number of aromatic nitrogens is 5. The van der Waals surface area contributed by atoms with Crippen LogP contribution in [-0.4, -0.2) is 50.0 Å². The van der Waals surface area contributed by atoms with Crippen molar-refractivity contribution >= 4 is 23.4 Å². The van der Waals surface area contributed by atoms with E-state index in [1.165, 1.54) is 16.4 Å². The summed E-state index contributed by atoms with van der Waals surface area (Å²) < 4.78 is 15.7. The van der Waals surface area contributed by atoms with Gasteiger partial charge in [0.05, 0.1) is 31.4 Å². The lowest BCUT2D eigenvalue weighted by Gasteiger charge is -2.09. The molecule has 1 amide bonds. The quantitative estimate of drug-likeness (QED) is 0.376. The van der Waals surface area contributed by atoms with Gasteiger partial charge in [-0.2, -0.15) is 0 Å². The van der Waals surface area contributed by atoms with E-state index in [2.05, 4.69) is 15.5 Å². The van der Waals surface area contributed by atoms with Crippen molar-refractivity contribution in [2.45, 2.75) is 12.1 Å². The fourth-order valence-electron chi connectivity index (χ4n) is 3.69. The predicted molar refractivity (Wildman–Crippen MR) is 135 cm³/mol. The molecule has 2 heterocycles. The molecular weight excluding hydrogens is 468 g/mol. The molecule has 182 valence electrons. The van der Waals surface area contributed by atoms with E-state index in [1.54, 1.807) is 43.5 Å². The highest BCUT2D eigenvalue weighted by Gasteiger charge is 2.19. The maximum atomic E-state index is 13.0. The summed E-state index contributed by atoms with van der Waals surface area (Å²) in [4.78, 5) is 25.7. The van der Waals surface area contributed by atoms with E-state index in [-0.39, 0.29) is 22.9 Å². The van der Waals surface area contributed by atoms with Crippen LogP contribution < -0.4 is 20.3 Å². The summed E-state index contributed by atoms with van der Waals surface area (Å²) in [5.41, 5.74) is 2.15. The van der Waals surface area contributed by atoms with E-state index in [0.29, 0.717) is 28.2 Å². The topological polar surface area (TPSA) is 105 Å². The summed E-state index contributed by atoms with van der Waals surface area (Å²) >= 11 is 1.23. The van der Waals surface area contributed by atoms with Crippen LogP contribution in [0.1, 0.15) is 5.69 Å². The summed E-state index contributed by atoms with van der Waals surface area (Å²) in [5.74, 6) is 1.58. The van der Waals surface area contributed by atoms with Gasteiger partial charge in [-0.05, 0) is 37.3 Å². The van der Waals surface area contributed by atoms with Gasteiger partial charge in [0.25, 0.3) is 5.56 Å². The van der Waals surface area contributed by atoms with Crippen molar-refractivity contribution in [3.05, 3.63) is 64.6 Å². The van der Waals surface area contributed by atoms with E-state index in [0.717, 1.165) is 11.3 Å². The lowest BCUT2D eigenvalue weighted by molar-refractivity contribution is -0.113. The molecule has 2 aromatic carbocycles. The van der Waals surface area contributed by atoms with Gasteiger partial charge in [0, 0.05) is 19.7 Å². The zero-order valence-corrected chi connectivity index (χ0v) is 20.9. The summed E-state index contributed by atoms with van der Waals surface area (Å²) in [7, 11) is 6.75. The van der Waals surface area contributed by atoms with Gasteiger partial charge in [0.15, 0.2) is 22.5 Å². The van der Waals surface area contributed by atoms with Gasteiger partial charge in [-0.3, -0.25) is 14.3 Å². The highest BCUT2D eigenvalue weighted by Crippen LogP contribution is 2.32. The molecule has 0 saturated heterocycles. The molecule has 0 unspecified atom stereocenters. The minimum Gasteiger partial charge on any atom is -0.493 e. The maximum Gasteiger partial charge on any atom is 0.295 e. The maximum absolute atomic E-state index is 13.0. The highest BCUT2D eigenvalue weighted by atomic mass is 32.2. The minimum atomic E-state index is -0.309. The molecule has 0 aliphatic heterocycles. The number of hydrogen-bond acceptors (Lipinski definition) is 7. The van der Waals surface area contributed by atoms with Gasteiger partial charge in [-0.15, -0.1) is 10.2 Å². The fraction of sp³-hybridized carbons (Fsp3) is 0.250. The van der Waals surface area contributed by atoms with Crippen LogP contribution in [0.2, 0.25) is 0 Å². The van der Waals surface area contributed by atoms with Crippen molar-refractivity contribution in [1.82, 2.24) is 24.1 Å². The third-order valence-electron chi connectivity index (χ3n) is 5.63. The van der Waals surface area contributed by atoms with Crippen LogP contribution in [0.4, 0.5) is 5.69 Å².